The van der Waals surface area contributed by atoms with Crippen molar-refractivity contribution in [2.75, 3.05) is 11.2 Å². The minimum atomic E-state index is -4.38. The number of hydrogen-bond acceptors (Lipinski definition) is 5. The van der Waals surface area contributed by atoms with Crippen molar-refractivity contribution in [2.24, 2.45) is 0 Å². The van der Waals surface area contributed by atoms with Crippen LogP contribution in [0.1, 0.15) is 5.56 Å². The topological polar surface area (TPSA) is 58.2 Å². The van der Waals surface area contributed by atoms with Crippen LogP contribution in [-0.2, 0) is 25.3 Å². The maximum atomic E-state index is 12.3. The van der Waals surface area contributed by atoms with Gasteiger partial charge in [0, 0.05) is 5.69 Å². The van der Waals surface area contributed by atoms with Crippen molar-refractivity contribution in [1.82, 2.24) is 5.32 Å². The van der Waals surface area contributed by atoms with Crippen molar-refractivity contribution in [1.29, 1.82) is 0 Å². The van der Waals surface area contributed by atoms with Gasteiger partial charge in [-0.25, -0.2) is 0 Å². The van der Waals surface area contributed by atoms with Crippen molar-refractivity contribution in [2.45, 2.75) is 6.18 Å². The van der Waals surface area contributed by atoms with Crippen LogP contribution in [0, 0.1) is 31.1 Å². The molecule has 0 amide bonds. The molecule has 0 unspecified atom stereocenters. The van der Waals surface area contributed by atoms with E-state index < -0.39 is 22.4 Å². The van der Waals surface area contributed by atoms with Crippen LogP contribution >= 0.6 is 0 Å². The third-order valence-corrected chi connectivity index (χ3v) is 2.29. The molecule has 0 aliphatic heterocycles. The van der Waals surface area contributed by atoms with Gasteiger partial charge >= 0.3 is 37.3 Å². The Morgan fingerprint density at radius 3 is 2.16 bits per heavy atom. The summed E-state index contributed by atoms with van der Waals surface area (Å²) in [5.41, 5.74) is -0.385. The molecule has 1 aromatic carbocycles. The first kappa shape index (κ1) is 18.4. The number of benzene rings is 1. The van der Waals surface area contributed by atoms with Gasteiger partial charge in [-0.1, -0.05) is 17.3 Å². The van der Waals surface area contributed by atoms with Gasteiger partial charge in [0.2, 0.25) is 0 Å². The average Bonchev–Trinajstić information content (AvgIpc) is 2.26. The van der Waals surface area contributed by atoms with E-state index in [0.717, 1.165) is 12.1 Å². The van der Waals surface area contributed by atoms with Crippen LogP contribution < -0.4 is 10.6 Å². The first-order valence-corrected chi connectivity index (χ1v) is 5.96. The van der Waals surface area contributed by atoms with E-state index in [1.54, 1.807) is 0 Å². The van der Waals surface area contributed by atoms with E-state index in [4.69, 9.17) is 0 Å². The quantitative estimate of drug-likeness (QED) is 0.590. The van der Waals surface area contributed by atoms with Crippen LogP contribution in [0.15, 0.2) is 36.7 Å². The Labute approximate surface area is 133 Å². The maximum Gasteiger partial charge on any atom is 2.00 e. The Morgan fingerprint density at radius 2 is 1.74 bits per heavy atom. The first-order valence-electron chi connectivity index (χ1n) is 4.72. The third kappa shape index (κ3) is 6.90. The summed E-state index contributed by atoms with van der Waals surface area (Å²) in [6.45, 7) is 3.48. The Morgan fingerprint density at radius 1 is 1.21 bits per heavy atom. The summed E-state index contributed by atoms with van der Waals surface area (Å²) < 4.78 is 57.3. The SMILES string of the molecule is C=C(NC[S-](=O)=O)Nc1ccc(C(F)(F)F)cc1.[U+2]. The second-order valence-corrected chi connectivity index (χ2v) is 4.20. The molecule has 102 valence electrons. The second kappa shape index (κ2) is 7.82. The van der Waals surface area contributed by atoms with Crippen molar-refractivity contribution in [3.63, 3.8) is 0 Å². The van der Waals surface area contributed by atoms with Crippen LogP contribution in [0.5, 0.6) is 0 Å². The summed E-state index contributed by atoms with van der Waals surface area (Å²) in [5.74, 6) is -0.147. The molecule has 19 heavy (non-hydrogen) atoms. The van der Waals surface area contributed by atoms with E-state index in [2.05, 4.69) is 17.2 Å². The number of nitrogens with one attached hydrogen (secondary N) is 2. The summed E-state index contributed by atoms with van der Waals surface area (Å²) in [7, 11) is -2.27. The summed E-state index contributed by atoms with van der Waals surface area (Å²) in [6, 6.07) is 4.29. The van der Waals surface area contributed by atoms with Crippen molar-refractivity contribution in [3.05, 3.63) is 42.2 Å². The molecule has 0 fully saturated rings. The number of alkyl halides is 3. The predicted octanol–water partition coefficient (Wildman–Crippen LogP) is 2.44. The molecule has 0 aliphatic rings. The fourth-order valence-electron chi connectivity index (χ4n) is 1.11. The molecule has 0 radical (unpaired) electrons. The van der Waals surface area contributed by atoms with E-state index in [9.17, 15) is 21.6 Å². The van der Waals surface area contributed by atoms with Crippen LogP contribution in [0.4, 0.5) is 18.9 Å². The minimum Gasteiger partial charge on any atom is -0.423 e. The van der Waals surface area contributed by atoms with Crippen molar-refractivity contribution < 1.29 is 52.7 Å². The Bertz CT molecular complexity index is 492. The molecule has 0 saturated carbocycles. The standard InChI is InChI=1S/C10H10F3N2O2S.U/c1-7(14-6-18(16)17)15-9-4-2-8(3-5-9)10(11,12)13;/h2-5,14-15H,1,6H2;/q-1;+2. The van der Waals surface area contributed by atoms with E-state index in [0.29, 0.717) is 5.69 Å². The molecule has 1 aromatic rings. The Balaban J connectivity index is 0.00000324. The first-order chi connectivity index (χ1) is 8.29. The molecule has 0 bridgehead atoms. The fourth-order valence-corrected chi connectivity index (χ4v) is 1.40. The van der Waals surface area contributed by atoms with Gasteiger partial charge in [0.1, 0.15) is 0 Å². The van der Waals surface area contributed by atoms with Crippen LogP contribution in [0.2, 0.25) is 0 Å². The van der Waals surface area contributed by atoms with E-state index in [-0.39, 0.29) is 42.8 Å². The zero-order valence-electron chi connectivity index (χ0n) is 9.58. The molecular formula is C10H10F3N2O2SU+. The van der Waals surface area contributed by atoms with Crippen LogP contribution in [0.25, 0.3) is 0 Å². The smallest absolute Gasteiger partial charge is 0.423 e. The largest absolute Gasteiger partial charge is 2.00 e. The van der Waals surface area contributed by atoms with Crippen molar-refractivity contribution >= 4 is 16.4 Å². The summed E-state index contributed by atoms with van der Waals surface area (Å²) in [6.07, 6.45) is -4.38. The number of halogens is 3. The molecule has 0 heterocycles. The Kier molecular flexibility index (Phi) is 7.56. The predicted molar refractivity (Wildman–Crippen MR) is 60.9 cm³/mol. The maximum absolute atomic E-state index is 12.3. The van der Waals surface area contributed by atoms with Gasteiger partial charge in [0.25, 0.3) is 0 Å². The molecule has 2 N–H and O–H groups in total. The fraction of sp³-hybridized carbons (Fsp3) is 0.200. The monoisotopic (exact) mass is 517 g/mol. The van der Waals surface area contributed by atoms with E-state index in [1.165, 1.54) is 12.1 Å². The normalized spacial score (nSPS) is 10.7. The zero-order valence-corrected chi connectivity index (χ0v) is 14.6. The molecule has 0 aliphatic carbocycles. The van der Waals surface area contributed by atoms with Gasteiger partial charge in [-0.3, -0.25) is 0 Å². The molecule has 0 aromatic heterocycles. The summed E-state index contributed by atoms with van der Waals surface area (Å²) in [5, 5.41) is 5.06. The average molecular weight is 517 g/mol. The minimum absolute atomic E-state index is 0. The van der Waals surface area contributed by atoms with Gasteiger partial charge in [-0.2, -0.15) is 13.2 Å². The van der Waals surface area contributed by atoms with Gasteiger partial charge in [0.05, 0.1) is 11.4 Å². The number of hydrogen-bond donors (Lipinski definition) is 2. The molecule has 0 spiro atoms. The second-order valence-electron chi connectivity index (χ2n) is 3.30. The number of rotatable bonds is 5. The van der Waals surface area contributed by atoms with Gasteiger partial charge in [0.15, 0.2) is 0 Å². The molecule has 4 nitrogen and oxygen atoms in total. The Hall–Kier alpha value is -0.648. The van der Waals surface area contributed by atoms with E-state index in [1.807, 2.05) is 0 Å². The number of anilines is 1. The molecular weight excluding hydrogens is 507 g/mol. The molecule has 0 atom stereocenters. The molecule has 9 heteroatoms. The van der Waals surface area contributed by atoms with Gasteiger partial charge in [-0.15, -0.1) is 0 Å². The van der Waals surface area contributed by atoms with Crippen molar-refractivity contribution in [3.8, 4) is 0 Å². The zero-order chi connectivity index (χ0) is 13.8. The van der Waals surface area contributed by atoms with Crippen LogP contribution in [0.3, 0.4) is 0 Å². The molecule has 1 rings (SSSR count). The van der Waals surface area contributed by atoms with Crippen LogP contribution in [-0.4, -0.2) is 5.88 Å². The van der Waals surface area contributed by atoms with Gasteiger partial charge in [-0.05, 0) is 30.1 Å². The van der Waals surface area contributed by atoms with Gasteiger partial charge < -0.3 is 19.1 Å². The summed E-state index contributed by atoms with van der Waals surface area (Å²) >= 11 is 0. The summed E-state index contributed by atoms with van der Waals surface area (Å²) in [4.78, 5) is 0. The van der Waals surface area contributed by atoms with E-state index >= 15 is 0 Å². The molecule has 0 saturated heterocycles. The third-order valence-electron chi connectivity index (χ3n) is 1.91.